The van der Waals surface area contributed by atoms with Crippen molar-refractivity contribution in [1.82, 2.24) is 9.88 Å². The van der Waals surface area contributed by atoms with E-state index in [0.29, 0.717) is 6.04 Å². The third kappa shape index (κ3) is 5.30. The van der Waals surface area contributed by atoms with Crippen LogP contribution in [0.5, 0.6) is 5.75 Å². The number of likely N-dealkylation sites (tertiary alicyclic amines) is 1. The zero-order valence-corrected chi connectivity index (χ0v) is 18.2. The Hall–Kier alpha value is -3.18. The molecular weight excluding hydrogens is 386 g/mol. The molecule has 0 unspecified atom stereocenters. The molecule has 1 N–H and O–H groups in total. The first kappa shape index (κ1) is 21.1. The van der Waals surface area contributed by atoms with Crippen molar-refractivity contribution in [1.29, 1.82) is 0 Å². The Labute approximate surface area is 184 Å². The number of pyridine rings is 1. The Morgan fingerprint density at radius 2 is 1.90 bits per heavy atom. The van der Waals surface area contributed by atoms with Crippen molar-refractivity contribution in [2.24, 2.45) is 0 Å². The summed E-state index contributed by atoms with van der Waals surface area (Å²) in [6.07, 6.45) is 3.05. The molecule has 1 aromatic heterocycles. The SMILES string of the molecule is COc1ccccc1Cc1cccc([C@H]2CCCN2Cc2ccc(NC(C)=O)cc2)n1. The Morgan fingerprint density at radius 1 is 1.10 bits per heavy atom. The summed E-state index contributed by atoms with van der Waals surface area (Å²) in [5.41, 5.74) is 5.43. The Kier molecular flexibility index (Phi) is 6.63. The Bertz CT molecular complexity index is 1030. The molecular formula is C26H29N3O2. The summed E-state index contributed by atoms with van der Waals surface area (Å²) in [6, 6.07) is 22.9. The maximum absolute atomic E-state index is 11.2. The van der Waals surface area contributed by atoms with Crippen LogP contribution in [0.2, 0.25) is 0 Å². The molecule has 0 spiro atoms. The fourth-order valence-corrected chi connectivity index (χ4v) is 4.31. The first-order valence-electron chi connectivity index (χ1n) is 10.8. The van der Waals surface area contributed by atoms with Crippen LogP contribution in [0.25, 0.3) is 0 Å². The number of amides is 1. The predicted octanol–water partition coefficient (Wildman–Crippen LogP) is 4.98. The fraction of sp³-hybridized carbons (Fsp3) is 0.308. The number of anilines is 1. The van der Waals surface area contributed by atoms with Crippen molar-refractivity contribution in [3.63, 3.8) is 0 Å². The van der Waals surface area contributed by atoms with Gasteiger partial charge in [-0.25, -0.2) is 0 Å². The number of hydrogen-bond donors (Lipinski definition) is 1. The minimum atomic E-state index is -0.0496. The lowest BCUT2D eigenvalue weighted by Gasteiger charge is -2.24. The van der Waals surface area contributed by atoms with Gasteiger partial charge in [-0.2, -0.15) is 0 Å². The van der Waals surface area contributed by atoms with E-state index >= 15 is 0 Å². The number of hydrogen-bond acceptors (Lipinski definition) is 4. The summed E-state index contributed by atoms with van der Waals surface area (Å²) < 4.78 is 5.50. The number of nitrogens with zero attached hydrogens (tertiary/aromatic N) is 2. The summed E-state index contributed by atoms with van der Waals surface area (Å²) in [6.45, 7) is 3.47. The number of aromatic nitrogens is 1. The lowest BCUT2D eigenvalue weighted by Crippen LogP contribution is -2.23. The molecule has 2 heterocycles. The second kappa shape index (κ2) is 9.75. The molecule has 0 aliphatic carbocycles. The van der Waals surface area contributed by atoms with Gasteiger partial charge >= 0.3 is 0 Å². The molecule has 2 aromatic carbocycles. The van der Waals surface area contributed by atoms with Gasteiger partial charge in [-0.15, -0.1) is 0 Å². The lowest BCUT2D eigenvalue weighted by molar-refractivity contribution is -0.114. The van der Waals surface area contributed by atoms with Gasteiger partial charge in [0, 0.05) is 36.8 Å². The van der Waals surface area contributed by atoms with Crippen LogP contribution >= 0.6 is 0 Å². The molecule has 1 amide bonds. The molecule has 4 rings (SSSR count). The summed E-state index contributed by atoms with van der Waals surface area (Å²) >= 11 is 0. The minimum absolute atomic E-state index is 0.0496. The van der Waals surface area contributed by atoms with Crippen molar-refractivity contribution in [2.45, 2.75) is 38.8 Å². The van der Waals surface area contributed by atoms with E-state index < -0.39 is 0 Å². The maximum Gasteiger partial charge on any atom is 0.221 e. The highest BCUT2D eigenvalue weighted by molar-refractivity contribution is 5.88. The third-order valence-electron chi connectivity index (χ3n) is 5.76. The van der Waals surface area contributed by atoms with E-state index in [-0.39, 0.29) is 5.91 Å². The maximum atomic E-state index is 11.2. The van der Waals surface area contributed by atoms with Crippen LogP contribution in [0.4, 0.5) is 5.69 Å². The Balaban J connectivity index is 1.47. The van der Waals surface area contributed by atoms with Gasteiger partial charge < -0.3 is 10.1 Å². The summed E-state index contributed by atoms with van der Waals surface area (Å²) in [4.78, 5) is 18.7. The monoisotopic (exact) mass is 415 g/mol. The van der Waals surface area contributed by atoms with E-state index in [1.807, 2.05) is 30.3 Å². The number of nitrogens with one attached hydrogen (secondary N) is 1. The molecule has 1 aliphatic rings. The molecule has 0 bridgehead atoms. The predicted molar refractivity (Wildman–Crippen MR) is 123 cm³/mol. The molecule has 31 heavy (non-hydrogen) atoms. The number of carbonyl (C=O) groups excluding carboxylic acids is 1. The van der Waals surface area contributed by atoms with Gasteiger partial charge in [0.15, 0.2) is 0 Å². The van der Waals surface area contributed by atoms with E-state index in [2.05, 4.69) is 46.6 Å². The standard InChI is InChI=1S/C26H29N3O2/c1-19(30)27-22-14-12-20(13-15-22)18-29-16-6-10-25(29)24-9-5-8-23(28-24)17-21-7-3-4-11-26(21)31-2/h3-5,7-9,11-15,25H,6,10,16-18H2,1-2H3,(H,27,30)/t25-/m1/s1. The highest BCUT2D eigenvalue weighted by Crippen LogP contribution is 2.32. The van der Waals surface area contributed by atoms with Crippen LogP contribution in [0.1, 0.15) is 48.3 Å². The van der Waals surface area contributed by atoms with E-state index in [0.717, 1.165) is 54.3 Å². The molecule has 5 heteroatoms. The van der Waals surface area contributed by atoms with Crippen LogP contribution in [-0.4, -0.2) is 29.4 Å². The molecule has 3 aromatic rings. The quantitative estimate of drug-likeness (QED) is 0.592. The fourth-order valence-electron chi connectivity index (χ4n) is 4.31. The number of ether oxygens (including phenoxy) is 1. The Morgan fingerprint density at radius 3 is 2.68 bits per heavy atom. The average Bonchev–Trinajstić information content (AvgIpc) is 3.23. The van der Waals surface area contributed by atoms with Gasteiger partial charge in [0.2, 0.25) is 5.91 Å². The average molecular weight is 416 g/mol. The zero-order valence-electron chi connectivity index (χ0n) is 18.2. The number of rotatable bonds is 7. The molecule has 1 atom stereocenters. The van der Waals surface area contributed by atoms with Crippen LogP contribution in [-0.2, 0) is 17.8 Å². The van der Waals surface area contributed by atoms with E-state index in [4.69, 9.17) is 9.72 Å². The topological polar surface area (TPSA) is 54.5 Å². The first-order valence-corrected chi connectivity index (χ1v) is 10.8. The first-order chi connectivity index (χ1) is 15.1. The van der Waals surface area contributed by atoms with Gasteiger partial charge in [0.25, 0.3) is 0 Å². The molecule has 0 radical (unpaired) electrons. The molecule has 1 fully saturated rings. The molecule has 1 aliphatic heterocycles. The van der Waals surface area contributed by atoms with Crippen LogP contribution in [0.3, 0.4) is 0 Å². The lowest BCUT2D eigenvalue weighted by atomic mass is 10.1. The van der Waals surface area contributed by atoms with E-state index in [1.54, 1.807) is 7.11 Å². The number of carbonyl (C=O) groups is 1. The molecule has 5 nitrogen and oxygen atoms in total. The second-order valence-corrected chi connectivity index (χ2v) is 8.05. The smallest absolute Gasteiger partial charge is 0.221 e. The zero-order chi connectivity index (χ0) is 21.6. The normalized spacial score (nSPS) is 16.3. The summed E-state index contributed by atoms with van der Waals surface area (Å²) in [5.74, 6) is 0.853. The number of benzene rings is 2. The molecule has 1 saturated heterocycles. The van der Waals surface area contributed by atoms with Crippen LogP contribution < -0.4 is 10.1 Å². The summed E-state index contributed by atoms with van der Waals surface area (Å²) in [7, 11) is 1.71. The summed E-state index contributed by atoms with van der Waals surface area (Å²) in [5, 5.41) is 2.82. The van der Waals surface area contributed by atoms with Crippen molar-refractivity contribution in [3.8, 4) is 5.75 Å². The van der Waals surface area contributed by atoms with E-state index in [1.165, 1.54) is 18.9 Å². The van der Waals surface area contributed by atoms with Crippen molar-refractivity contribution in [3.05, 3.63) is 89.2 Å². The van der Waals surface area contributed by atoms with Gasteiger partial charge in [-0.05, 0) is 55.3 Å². The van der Waals surface area contributed by atoms with Crippen molar-refractivity contribution < 1.29 is 9.53 Å². The van der Waals surface area contributed by atoms with Gasteiger partial charge in [-0.1, -0.05) is 36.4 Å². The van der Waals surface area contributed by atoms with Gasteiger partial charge in [0.1, 0.15) is 5.75 Å². The van der Waals surface area contributed by atoms with E-state index in [9.17, 15) is 4.79 Å². The number of methoxy groups -OCH3 is 1. The highest BCUT2D eigenvalue weighted by atomic mass is 16.5. The van der Waals surface area contributed by atoms with Crippen molar-refractivity contribution >= 4 is 11.6 Å². The van der Waals surface area contributed by atoms with Crippen LogP contribution in [0, 0.1) is 0 Å². The second-order valence-electron chi connectivity index (χ2n) is 8.05. The largest absolute Gasteiger partial charge is 0.496 e. The van der Waals surface area contributed by atoms with Gasteiger partial charge in [-0.3, -0.25) is 14.7 Å². The van der Waals surface area contributed by atoms with Gasteiger partial charge in [0.05, 0.1) is 18.8 Å². The molecule has 160 valence electrons. The molecule has 0 saturated carbocycles. The van der Waals surface area contributed by atoms with Crippen molar-refractivity contribution in [2.75, 3.05) is 19.0 Å². The minimum Gasteiger partial charge on any atom is -0.496 e. The number of para-hydroxylation sites is 1. The van der Waals surface area contributed by atoms with Crippen LogP contribution in [0.15, 0.2) is 66.7 Å². The highest BCUT2D eigenvalue weighted by Gasteiger charge is 2.27. The third-order valence-corrected chi connectivity index (χ3v) is 5.76.